The maximum absolute atomic E-state index is 11.1. The van der Waals surface area contributed by atoms with E-state index < -0.39 is 0 Å². The molecule has 0 N–H and O–H groups in total. The summed E-state index contributed by atoms with van der Waals surface area (Å²) in [6.07, 6.45) is 3.66. The zero-order chi connectivity index (χ0) is 14.7. The van der Waals surface area contributed by atoms with Gasteiger partial charge in [0, 0.05) is 6.20 Å². The fraction of sp³-hybridized carbons (Fsp3) is 0.176. The zero-order valence-corrected chi connectivity index (χ0v) is 11.8. The maximum Gasteiger partial charge on any atom is 0.170 e. The van der Waals surface area contributed by atoms with Crippen molar-refractivity contribution in [2.45, 2.75) is 20.0 Å². The number of imidazole rings is 1. The average molecular weight is 280 g/mol. The summed E-state index contributed by atoms with van der Waals surface area (Å²) in [4.78, 5) is 15.4. The van der Waals surface area contributed by atoms with Gasteiger partial charge in [0.25, 0.3) is 0 Å². The van der Waals surface area contributed by atoms with Crippen LogP contribution in [0.25, 0.3) is 5.52 Å². The molecule has 0 bridgehead atoms. The van der Waals surface area contributed by atoms with E-state index in [0.29, 0.717) is 18.1 Å². The Morgan fingerprint density at radius 1 is 1.19 bits per heavy atom. The number of fused-ring (bicyclic) bond motifs is 1. The Balaban J connectivity index is 1.83. The van der Waals surface area contributed by atoms with Gasteiger partial charge in [0.05, 0.1) is 5.52 Å². The summed E-state index contributed by atoms with van der Waals surface area (Å²) in [6, 6.07) is 13.7. The van der Waals surface area contributed by atoms with Crippen molar-refractivity contribution in [2.75, 3.05) is 0 Å². The molecule has 4 heteroatoms. The summed E-state index contributed by atoms with van der Waals surface area (Å²) < 4.78 is 7.64. The van der Waals surface area contributed by atoms with Gasteiger partial charge in [0.1, 0.15) is 18.1 Å². The van der Waals surface area contributed by atoms with Crippen molar-refractivity contribution in [1.82, 2.24) is 9.38 Å². The summed E-state index contributed by atoms with van der Waals surface area (Å²) in [6.45, 7) is 2.44. The minimum atomic E-state index is 0.324. The number of nitrogens with zero attached hydrogens (tertiary/aromatic N) is 2. The number of pyridine rings is 1. The molecule has 0 radical (unpaired) electrons. The Kier molecular flexibility index (Phi) is 3.69. The summed E-state index contributed by atoms with van der Waals surface area (Å²) in [5.74, 6) is 1.51. The van der Waals surface area contributed by atoms with E-state index in [0.717, 1.165) is 24.0 Å². The summed E-state index contributed by atoms with van der Waals surface area (Å²) >= 11 is 0. The number of benzene rings is 1. The Labute approximate surface area is 123 Å². The summed E-state index contributed by atoms with van der Waals surface area (Å²) in [7, 11) is 0. The van der Waals surface area contributed by atoms with Gasteiger partial charge >= 0.3 is 0 Å². The predicted octanol–water partition coefficient (Wildman–Crippen LogP) is 3.29. The van der Waals surface area contributed by atoms with Crippen molar-refractivity contribution in [3.8, 4) is 5.75 Å². The fourth-order valence-corrected chi connectivity index (χ4v) is 2.28. The molecule has 0 aliphatic rings. The first kappa shape index (κ1) is 13.4. The van der Waals surface area contributed by atoms with Gasteiger partial charge in [-0.05, 0) is 36.2 Å². The first-order valence-corrected chi connectivity index (χ1v) is 6.94. The molecule has 0 saturated heterocycles. The second kappa shape index (κ2) is 5.79. The Morgan fingerprint density at radius 2 is 2.00 bits per heavy atom. The normalized spacial score (nSPS) is 10.7. The molecule has 0 atom stereocenters. The number of aryl methyl sites for hydroxylation is 1. The number of carbonyl (C=O) groups is 1. The minimum absolute atomic E-state index is 0.324. The summed E-state index contributed by atoms with van der Waals surface area (Å²) in [5.41, 5.74) is 2.51. The van der Waals surface area contributed by atoms with Crippen LogP contribution in [0.4, 0.5) is 0 Å². The van der Waals surface area contributed by atoms with E-state index in [1.807, 2.05) is 40.9 Å². The lowest BCUT2D eigenvalue weighted by molar-refractivity contribution is 0.112. The van der Waals surface area contributed by atoms with Gasteiger partial charge in [-0.25, -0.2) is 4.98 Å². The van der Waals surface area contributed by atoms with Gasteiger partial charge in [0.2, 0.25) is 0 Å². The van der Waals surface area contributed by atoms with Crippen molar-refractivity contribution in [1.29, 1.82) is 0 Å². The van der Waals surface area contributed by atoms with Gasteiger partial charge in [0.15, 0.2) is 12.1 Å². The van der Waals surface area contributed by atoms with Gasteiger partial charge in [-0.2, -0.15) is 0 Å². The van der Waals surface area contributed by atoms with Crippen molar-refractivity contribution in [3.63, 3.8) is 0 Å². The molecular weight excluding hydrogens is 264 g/mol. The third-order valence-corrected chi connectivity index (χ3v) is 3.46. The van der Waals surface area contributed by atoms with Crippen LogP contribution in [0.3, 0.4) is 0 Å². The highest BCUT2D eigenvalue weighted by Gasteiger charge is 2.10. The molecule has 1 aromatic carbocycles. The predicted molar refractivity (Wildman–Crippen MR) is 80.7 cm³/mol. The van der Waals surface area contributed by atoms with Crippen LogP contribution < -0.4 is 4.74 Å². The Hall–Kier alpha value is -2.62. The van der Waals surface area contributed by atoms with Crippen LogP contribution in [0.5, 0.6) is 5.75 Å². The van der Waals surface area contributed by atoms with Crippen LogP contribution in [-0.2, 0) is 13.0 Å². The molecule has 0 amide bonds. The van der Waals surface area contributed by atoms with Crippen molar-refractivity contribution in [3.05, 3.63) is 65.7 Å². The first-order chi connectivity index (χ1) is 10.3. The number of aromatic nitrogens is 2. The standard InChI is InChI=1S/C17H16N2O2/c1-2-13-6-8-14(9-7-13)21-12-17-18-15(11-20)16-5-3-4-10-19(16)17/h3-11H,2,12H2,1H3. The quantitative estimate of drug-likeness (QED) is 0.674. The number of ether oxygens (including phenoxy) is 1. The minimum Gasteiger partial charge on any atom is -0.486 e. The van der Waals surface area contributed by atoms with Crippen LogP contribution in [0.2, 0.25) is 0 Å². The Morgan fingerprint density at radius 3 is 2.71 bits per heavy atom. The van der Waals surface area contributed by atoms with Crippen molar-refractivity contribution < 1.29 is 9.53 Å². The molecule has 0 saturated carbocycles. The molecule has 0 unspecified atom stereocenters. The third-order valence-electron chi connectivity index (χ3n) is 3.46. The highest BCUT2D eigenvalue weighted by atomic mass is 16.5. The van der Waals surface area contributed by atoms with Crippen LogP contribution in [0.15, 0.2) is 48.7 Å². The fourth-order valence-electron chi connectivity index (χ4n) is 2.28. The molecule has 0 aliphatic carbocycles. The number of rotatable bonds is 5. The highest BCUT2D eigenvalue weighted by Crippen LogP contribution is 2.16. The van der Waals surface area contributed by atoms with E-state index in [9.17, 15) is 4.79 Å². The van der Waals surface area contributed by atoms with Crippen molar-refractivity contribution in [2.24, 2.45) is 0 Å². The third kappa shape index (κ3) is 2.65. The van der Waals surface area contributed by atoms with E-state index in [4.69, 9.17) is 4.74 Å². The van der Waals surface area contributed by atoms with E-state index in [1.54, 1.807) is 0 Å². The molecular formula is C17H16N2O2. The van der Waals surface area contributed by atoms with E-state index in [-0.39, 0.29) is 0 Å². The number of aldehydes is 1. The van der Waals surface area contributed by atoms with Gasteiger partial charge in [-0.3, -0.25) is 4.79 Å². The molecule has 2 heterocycles. The molecule has 4 nitrogen and oxygen atoms in total. The number of hydrogen-bond acceptors (Lipinski definition) is 3. The number of carbonyl (C=O) groups excluding carboxylic acids is 1. The van der Waals surface area contributed by atoms with E-state index in [1.165, 1.54) is 5.56 Å². The average Bonchev–Trinajstić information content (AvgIpc) is 2.91. The number of hydrogen-bond donors (Lipinski definition) is 0. The van der Waals surface area contributed by atoms with Crippen molar-refractivity contribution >= 4 is 11.8 Å². The van der Waals surface area contributed by atoms with Gasteiger partial charge in [-0.15, -0.1) is 0 Å². The van der Waals surface area contributed by atoms with Crippen LogP contribution in [0.1, 0.15) is 28.8 Å². The van der Waals surface area contributed by atoms with Gasteiger partial charge < -0.3 is 9.14 Å². The molecule has 3 aromatic rings. The van der Waals surface area contributed by atoms with E-state index >= 15 is 0 Å². The lowest BCUT2D eigenvalue weighted by Crippen LogP contribution is -2.01. The lowest BCUT2D eigenvalue weighted by atomic mass is 10.2. The van der Waals surface area contributed by atoms with Crippen LogP contribution >= 0.6 is 0 Å². The van der Waals surface area contributed by atoms with Crippen LogP contribution in [0, 0.1) is 0 Å². The first-order valence-electron chi connectivity index (χ1n) is 6.94. The molecule has 106 valence electrons. The monoisotopic (exact) mass is 280 g/mol. The largest absolute Gasteiger partial charge is 0.486 e. The molecule has 0 aliphatic heterocycles. The molecule has 0 fully saturated rings. The lowest BCUT2D eigenvalue weighted by Gasteiger charge is -2.06. The summed E-state index contributed by atoms with van der Waals surface area (Å²) in [5, 5.41) is 0. The topological polar surface area (TPSA) is 43.6 Å². The van der Waals surface area contributed by atoms with Gasteiger partial charge in [-0.1, -0.05) is 25.1 Å². The Bertz CT molecular complexity index is 760. The second-order valence-corrected chi connectivity index (χ2v) is 4.77. The molecule has 21 heavy (non-hydrogen) atoms. The SMILES string of the molecule is CCc1ccc(OCc2nc(C=O)c3ccccn23)cc1. The molecule has 0 spiro atoms. The van der Waals surface area contributed by atoms with E-state index in [2.05, 4.69) is 24.0 Å². The molecule has 3 rings (SSSR count). The molecule has 2 aromatic heterocycles. The maximum atomic E-state index is 11.1. The van der Waals surface area contributed by atoms with Crippen LogP contribution in [-0.4, -0.2) is 15.7 Å². The smallest absolute Gasteiger partial charge is 0.170 e. The zero-order valence-electron chi connectivity index (χ0n) is 11.8. The second-order valence-electron chi connectivity index (χ2n) is 4.77. The highest BCUT2D eigenvalue weighted by molar-refractivity contribution is 5.83.